The lowest BCUT2D eigenvalue weighted by Crippen LogP contribution is -2.33. The third-order valence-corrected chi connectivity index (χ3v) is 4.45. The van der Waals surface area contributed by atoms with Crippen LogP contribution in [0.1, 0.15) is 32.1 Å². The summed E-state index contributed by atoms with van der Waals surface area (Å²) in [6, 6.07) is 17.0. The van der Waals surface area contributed by atoms with Gasteiger partial charge in [-0.1, -0.05) is 42.5 Å². The Balaban J connectivity index is 1.84. The third kappa shape index (κ3) is 2.64. The molecule has 3 aromatic rings. The van der Waals surface area contributed by atoms with Crippen LogP contribution in [0.25, 0.3) is 5.69 Å². The minimum atomic E-state index is -0.481. The van der Waals surface area contributed by atoms with E-state index in [0.717, 1.165) is 5.56 Å². The zero-order valence-electron chi connectivity index (χ0n) is 13.9. The first-order chi connectivity index (χ1) is 12.7. The number of benzene rings is 2. The number of amides is 2. The first-order valence-electron chi connectivity index (χ1n) is 8.19. The van der Waals surface area contributed by atoms with E-state index >= 15 is 0 Å². The van der Waals surface area contributed by atoms with Gasteiger partial charge in [-0.05, 0) is 17.7 Å². The van der Waals surface area contributed by atoms with Gasteiger partial charge in [0.05, 0.1) is 23.5 Å². The fraction of sp³-hybridized carbons (Fsp3) is 0.105. The van der Waals surface area contributed by atoms with Crippen molar-refractivity contribution >= 4 is 11.8 Å². The summed E-state index contributed by atoms with van der Waals surface area (Å²) in [6.07, 6.45) is 1.55. The zero-order valence-corrected chi connectivity index (χ0v) is 13.9. The Morgan fingerprint density at radius 3 is 2.62 bits per heavy atom. The second kappa shape index (κ2) is 6.45. The van der Waals surface area contributed by atoms with Gasteiger partial charge in [-0.15, -0.1) is 0 Å². The number of imidazole rings is 1. The number of nitrogens with two attached hydrogens (primary N) is 1. The molecule has 130 valence electrons. The van der Waals surface area contributed by atoms with E-state index < -0.39 is 5.91 Å². The Kier molecular flexibility index (Phi) is 3.98. The van der Waals surface area contributed by atoms with Gasteiger partial charge in [-0.3, -0.25) is 19.6 Å². The molecular weight excluding hydrogens is 330 g/mol. The Labute approximate surface area is 150 Å². The molecule has 0 saturated heterocycles. The highest BCUT2D eigenvalue weighted by atomic mass is 16.2. The summed E-state index contributed by atoms with van der Waals surface area (Å²) in [5.41, 5.74) is 5.24. The van der Waals surface area contributed by atoms with Crippen LogP contribution in [0.5, 0.6) is 0 Å². The van der Waals surface area contributed by atoms with Crippen LogP contribution >= 0.6 is 0 Å². The zero-order chi connectivity index (χ0) is 18.1. The smallest absolute Gasteiger partial charge is 0.285 e. The van der Waals surface area contributed by atoms with Crippen LogP contribution in [0.15, 0.2) is 60.9 Å². The van der Waals surface area contributed by atoms with Crippen molar-refractivity contribution in [3.8, 4) is 5.69 Å². The number of para-hydroxylation sites is 1. The lowest BCUT2D eigenvalue weighted by molar-refractivity contribution is 0.0730. The van der Waals surface area contributed by atoms with Gasteiger partial charge in [-0.2, -0.15) is 0 Å². The highest BCUT2D eigenvalue weighted by Crippen LogP contribution is 2.27. The molecule has 0 bridgehead atoms. The van der Waals surface area contributed by atoms with Crippen molar-refractivity contribution < 1.29 is 9.59 Å². The Hall–Kier alpha value is -3.45. The lowest BCUT2D eigenvalue weighted by atomic mass is 10.1. The van der Waals surface area contributed by atoms with E-state index in [1.165, 1.54) is 0 Å². The lowest BCUT2D eigenvalue weighted by Gasteiger charge is -2.21. The molecule has 0 unspecified atom stereocenters. The average molecular weight is 347 g/mol. The molecule has 0 atom stereocenters. The van der Waals surface area contributed by atoms with E-state index in [1.807, 2.05) is 48.5 Å². The van der Waals surface area contributed by atoms with Gasteiger partial charge in [0.15, 0.2) is 5.69 Å². The normalized spacial score (nSPS) is 13.0. The average Bonchev–Trinajstić information content (AvgIpc) is 3.06. The second-order valence-corrected chi connectivity index (χ2v) is 6.05. The quantitative estimate of drug-likeness (QED) is 0.428. The number of nitrogens with one attached hydrogen (secondary N) is 1. The highest BCUT2D eigenvalue weighted by molar-refractivity contribution is 5.99. The molecule has 2 aromatic carbocycles. The van der Waals surface area contributed by atoms with E-state index in [9.17, 15) is 9.59 Å². The molecule has 7 heteroatoms. The standard InChI is InChI=1S/C19H17N5O2/c20-22-18(25)17-16-11-23(10-13-6-2-1-3-7-13)19(26)14-8-4-5-9-15(14)24(16)12-21-17/h1-9,12H,10-11,20H2,(H,22,25). The summed E-state index contributed by atoms with van der Waals surface area (Å²) in [4.78, 5) is 31.1. The number of carbonyl (C=O) groups is 2. The SMILES string of the molecule is NNC(=O)c1ncn2c1CN(Cc1ccccc1)C(=O)c1ccccc1-2. The molecule has 3 N–H and O–H groups in total. The molecule has 2 heterocycles. The number of nitrogen functional groups attached to an aromatic ring is 1. The van der Waals surface area contributed by atoms with Gasteiger partial charge < -0.3 is 4.90 Å². The summed E-state index contributed by atoms with van der Waals surface area (Å²) in [6.45, 7) is 0.689. The van der Waals surface area contributed by atoms with E-state index in [1.54, 1.807) is 21.9 Å². The van der Waals surface area contributed by atoms with Crippen molar-refractivity contribution in [1.29, 1.82) is 0 Å². The van der Waals surface area contributed by atoms with Crippen LogP contribution in [-0.4, -0.2) is 26.3 Å². The van der Waals surface area contributed by atoms with Crippen molar-refractivity contribution in [3.63, 3.8) is 0 Å². The summed E-state index contributed by atoms with van der Waals surface area (Å²) in [7, 11) is 0. The third-order valence-electron chi connectivity index (χ3n) is 4.45. The molecule has 4 rings (SSSR count). The summed E-state index contributed by atoms with van der Waals surface area (Å²) in [5.74, 6) is 4.71. The van der Waals surface area contributed by atoms with Crippen molar-refractivity contribution in [2.45, 2.75) is 13.1 Å². The number of aromatic nitrogens is 2. The molecule has 0 radical (unpaired) electrons. The molecule has 1 aromatic heterocycles. The van der Waals surface area contributed by atoms with Crippen molar-refractivity contribution in [1.82, 2.24) is 19.9 Å². The second-order valence-electron chi connectivity index (χ2n) is 6.05. The molecule has 0 saturated carbocycles. The van der Waals surface area contributed by atoms with Gasteiger partial charge in [0, 0.05) is 6.54 Å². The van der Waals surface area contributed by atoms with E-state index in [0.29, 0.717) is 23.5 Å². The van der Waals surface area contributed by atoms with E-state index in [2.05, 4.69) is 10.4 Å². The largest absolute Gasteiger partial charge is 0.328 e. The molecule has 0 fully saturated rings. The Bertz CT molecular complexity index is 981. The number of hydrogen-bond acceptors (Lipinski definition) is 4. The molecule has 2 amide bonds. The molecule has 7 nitrogen and oxygen atoms in total. The predicted molar refractivity (Wildman–Crippen MR) is 95.2 cm³/mol. The van der Waals surface area contributed by atoms with Crippen LogP contribution in [0, 0.1) is 0 Å². The first-order valence-corrected chi connectivity index (χ1v) is 8.19. The van der Waals surface area contributed by atoms with Gasteiger partial charge in [0.1, 0.15) is 6.33 Å². The Morgan fingerprint density at radius 2 is 1.85 bits per heavy atom. The minimum absolute atomic E-state index is 0.0905. The Morgan fingerprint density at radius 1 is 1.12 bits per heavy atom. The molecule has 0 spiro atoms. The monoisotopic (exact) mass is 347 g/mol. The summed E-state index contributed by atoms with van der Waals surface area (Å²) in [5, 5.41) is 0. The molecule has 1 aliphatic rings. The van der Waals surface area contributed by atoms with Gasteiger partial charge in [0.2, 0.25) is 0 Å². The van der Waals surface area contributed by atoms with Crippen LogP contribution < -0.4 is 11.3 Å². The topological polar surface area (TPSA) is 93.2 Å². The van der Waals surface area contributed by atoms with Crippen molar-refractivity contribution in [2.75, 3.05) is 0 Å². The molecule has 0 aliphatic carbocycles. The first kappa shape index (κ1) is 16.0. The van der Waals surface area contributed by atoms with Gasteiger partial charge in [0.25, 0.3) is 11.8 Å². The maximum atomic E-state index is 13.1. The van der Waals surface area contributed by atoms with Gasteiger partial charge in [-0.25, -0.2) is 10.8 Å². The maximum absolute atomic E-state index is 13.1. The minimum Gasteiger partial charge on any atom is -0.328 e. The van der Waals surface area contributed by atoms with E-state index in [4.69, 9.17) is 5.84 Å². The predicted octanol–water partition coefficient (Wildman–Crippen LogP) is 1.63. The van der Waals surface area contributed by atoms with Crippen LogP contribution in [0.2, 0.25) is 0 Å². The molecular formula is C19H17N5O2. The number of hydrazine groups is 1. The van der Waals surface area contributed by atoms with Crippen LogP contribution in [0.4, 0.5) is 0 Å². The van der Waals surface area contributed by atoms with Crippen LogP contribution in [0.3, 0.4) is 0 Å². The molecule has 1 aliphatic heterocycles. The fourth-order valence-electron chi connectivity index (χ4n) is 3.21. The fourth-order valence-corrected chi connectivity index (χ4v) is 3.21. The number of fused-ring (bicyclic) bond motifs is 3. The number of rotatable bonds is 3. The van der Waals surface area contributed by atoms with Crippen LogP contribution in [-0.2, 0) is 13.1 Å². The van der Waals surface area contributed by atoms with E-state index in [-0.39, 0.29) is 18.1 Å². The maximum Gasteiger partial charge on any atom is 0.285 e. The van der Waals surface area contributed by atoms with Gasteiger partial charge >= 0.3 is 0 Å². The number of hydrogen-bond donors (Lipinski definition) is 2. The summed E-state index contributed by atoms with van der Waals surface area (Å²) < 4.78 is 1.78. The summed E-state index contributed by atoms with van der Waals surface area (Å²) >= 11 is 0. The van der Waals surface area contributed by atoms with Crippen molar-refractivity contribution in [3.05, 3.63) is 83.4 Å². The number of nitrogens with zero attached hydrogens (tertiary/aromatic N) is 3. The van der Waals surface area contributed by atoms with Crippen molar-refractivity contribution in [2.24, 2.45) is 5.84 Å². The highest BCUT2D eigenvalue weighted by Gasteiger charge is 2.29. The molecule has 26 heavy (non-hydrogen) atoms. The number of carbonyl (C=O) groups excluding carboxylic acids is 2.